The van der Waals surface area contributed by atoms with Crippen molar-refractivity contribution in [1.29, 1.82) is 0 Å². The molecule has 3 aromatic heterocycles. The fraction of sp³-hybridized carbons (Fsp3) is 0.357. The second-order valence-corrected chi connectivity index (χ2v) is 5.21. The summed E-state index contributed by atoms with van der Waals surface area (Å²) in [5, 5.41) is 4.39. The molecule has 0 aliphatic rings. The molecule has 3 heterocycles. The Hall–Kier alpha value is -1.88. The van der Waals surface area contributed by atoms with E-state index in [1.54, 1.807) is 12.4 Å². The number of aryl methyl sites for hydroxylation is 3. The number of nitrogens with zero attached hydrogens (tertiary/aromatic N) is 5. The molecule has 0 saturated heterocycles. The van der Waals surface area contributed by atoms with E-state index in [9.17, 15) is 0 Å². The summed E-state index contributed by atoms with van der Waals surface area (Å²) in [6.07, 6.45) is 6.38. The zero-order valence-corrected chi connectivity index (χ0v) is 12.3. The van der Waals surface area contributed by atoms with Gasteiger partial charge in [-0.2, -0.15) is 5.10 Å². The molecule has 3 rings (SSSR count). The molecule has 20 heavy (non-hydrogen) atoms. The van der Waals surface area contributed by atoms with E-state index in [1.807, 2.05) is 30.9 Å². The molecule has 6 heteroatoms. The highest BCUT2D eigenvalue weighted by molar-refractivity contribution is 6.17. The van der Waals surface area contributed by atoms with Crippen LogP contribution in [0.1, 0.15) is 17.1 Å². The summed E-state index contributed by atoms with van der Waals surface area (Å²) in [5.41, 5.74) is 4.23. The lowest BCUT2D eigenvalue weighted by atomic mass is 10.2. The topological polar surface area (TPSA) is 48.5 Å². The highest BCUT2D eigenvalue weighted by atomic mass is 35.5. The van der Waals surface area contributed by atoms with Gasteiger partial charge in [-0.1, -0.05) is 0 Å². The van der Waals surface area contributed by atoms with Crippen molar-refractivity contribution in [2.24, 2.45) is 7.05 Å². The summed E-state index contributed by atoms with van der Waals surface area (Å²) in [7, 11) is 1.94. The van der Waals surface area contributed by atoms with Crippen LogP contribution in [0.15, 0.2) is 24.7 Å². The minimum atomic E-state index is 0.558. The van der Waals surface area contributed by atoms with Gasteiger partial charge in [0.2, 0.25) is 0 Å². The van der Waals surface area contributed by atoms with E-state index in [2.05, 4.69) is 19.6 Å². The van der Waals surface area contributed by atoms with Gasteiger partial charge in [-0.3, -0.25) is 9.67 Å². The standard InChI is InChI=1S/C14H16ClN5/c1-10-11(8-19(2)18-10)9-20-13-4-6-16-7-12(13)17-14(20)3-5-15/h4,6-8H,3,5,9H2,1-2H3. The number of aromatic nitrogens is 5. The van der Waals surface area contributed by atoms with E-state index in [0.29, 0.717) is 5.88 Å². The smallest absolute Gasteiger partial charge is 0.111 e. The number of halogens is 1. The predicted molar refractivity (Wildman–Crippen MR) is 79.0 cm³/mol. The molecule has 0 aliphatic heterocycles. The summed E-state index contributed by atoms with van der Waals surface area (Å²) >= 11 is 5.89. The van der Waals surface area contributed by atoms with Crippen molar-refractivity contribution in [3.05, 3.63) is 41.7 Å². The van der Waals surface area contributed by atoms with Crippen LogP contribution in [0.3, 0.4) is 0 Å². The number of alkyl halides is 1. The molecule has 0 fully saturated rings. The van der Waals surface area contributed by atoms with Crippen molar-refractivity contribution in [3.63, 3.8) is 0 Å². The largest absolute Gasteiger partial charge is 0.323 e. The molecule has 0 aromatic carbocycles. The van der Waals surface area contributed by atoms with E-state index in [0.717, 1.165) is 35.5 Å². The first-order valence-electron chi connectivity index (χ1n) is 6.53. The Balaban J connectivity index is 2.08. The number of hydrogen-bond donors (Lipinski definition) is 0. The summed E-state index contributed by atoms with van der Waals surface area (Å²) in [4.78, 5) is 8.75. The predicted octanol–water partition coefficient (Wildman–Crippen LogP) is 2.30. The van der Waals surface area contributed by atoms with Gasteiger partial charge < -0.3 is 4.57 Å². The van der Waals surface area contributed by atoms with Crippen LogP contribution in [0.2, 0.25) is 0 Å². The van der Waals surface area contributed by atoms with Crippen LogP contribution in [-0.4, -0.2) is 30.2 Å². The zero-order chi connectivity index (χ0) is 14.1. The molecule has 104 valence electrons. The number of hydrogen-bond acceptors (Lipinski definition) is 3. The summed E-state index contributed by atoms with van der Waals surface area (Å²) in [6.45, 7) is 2.78. The van der Waals surface area contributed by atoms with E-state index in [-0.39, 0.29) is 0 Å². The van der Waals surface area contributed by atoms with Crippen molar-refractivity contribution in [1.82, 2.24) is 24.3 Å². The summed E-state index contributed by atoms with van der Waals surface area (Å²) in [5.74, 6) is 1.55. The van der Waals surface area contributed by atoms with Gasteiger partial charge in [0.1, 0.15) is 11.3 Å². The van der Waals surface area contributed by atoms with Gasteiger partial charge in [0, 0.05) is 37.3 Å². The third-order valence-corrected chi connectivity index (χ3v) is 3.58. The molecular formula is C14H16ClN5. The molecule has 0 radical (unpaired) electrons. The van der Waals surface area contributed by atoms with Gasteiger partial charge in [-0.25, -0.2) is 4.98 Å². The highest BCUT2D eigenvalue weighted by Crippen LogP contribution is 2.18. The molecular weight excluding hydrogens is 274 g/mol. The van der Waals surface area contributed by atoms with Gasteiger partial charge in [-0.05, 0) is 13.0 Å². The number of rotatable bonds is 4. The molecule has 0 N–H and O–H groups in total. The molecule has 0 bridgehead atoms. The van der Waals surface area contributed by atoms with Gasteiger partial charge in [0.05, 0.1) is 24.0 Å². The quantitative estimate of drug-likeness (QED) is 0.693. The van der Waals surface area contributed by atoms with Crippen molar-refractivity contribution in [2.45, 2.75) is 19.9 Å². The minimum absolute atomic E-state index is 0.558. The van der Waals surface area contributed by atoms with Crippen LogP contribution in [0.5, 0.6) is 0 Å². The Kier molecular flexibility index (Phi) is 3.44. The van der Waals surface area contributed by atoms with Gasteiger partial charge in [0.25, 0.3) is 0 Å². The average Bonchev–Trinajstić information content (AvgIpc) is 2.92. The first-order chi connectivity index (χ1) is 9.69. The zero-order valence-electron chi connectivity index (χ0n) is 11.5. The third kappa shape index (κ3) is 2.29. The van der Waals surface area contributed by atoms with Crippen molar-refractivity contribution < 1.29 is 0 Å². The van der Waals surface area contributed by atoms with E-state index in [4.69, 9.17) is 11.6 Å². The average molecular weight is 290 g/mol. The van der Waals surface area contributed by atoms with Crippen LogP contribution < -0.4 is 0 Å². The van der Waals surface area contributed by atoms with E-state index in [1.165, 1.54) is 5.56 Å². The Morgan fingerprint density at radius 2 is 2.20 bits per heavy atom. The molecule has 0 aliphatic carbocycles. The Morgan fingerprint density at radius 3 is 2.90 bits per heavy atom. The van der Waals surface area contributed by atoms with Gasteiger partial charge >= 0.3 is 0 Å². The summed E-state index contributed by atoms with van der Waals surface area (Å²) < 4.78 is 4.04. The minimum Gasteiger partial charge on any atom is -0.323 e. The number of fused-ring (bicyclic) bond motifs is 1. The molecule has 5 nitrogen and oxygen atoms in total. The first kappa shape index (κ1) is 13.1. The third-order valence-electron chi connectivity index (χ3n) is 3.39. The second kappa shape index (κ2) is 5.25. The fourth-order valence-corrected chi connectivity index (χ4v) is 2.63. The Morgan fingerprint density at radius 1 is 1.35 bits per heavy atom. The summed E-state index contributed by atoms with van der Waals surface area (Å²) in [6, 6.07) is 1.99. The van der Waals surface area contributed by atoms with Crippen molar-refractivity contribution in [2.75, 3.05) is 5.88 Å². The Labute approximate surface area is 122 Å². The highest BCUT2D eigenvalue weighted by Gasteiger charge is 2.12. The lowest BCUT2D eigenvalue weighted by molar-refractivity contribution is 0.747. The Bertz CT molecular complexity index is 743. The SMILES string of the molecule is Cc1nn(C)cc1Cn1c(CCCl)nc2cnccc21. The maximum atomic E-state index is 5.89. The van der Waals surface area contributed by atoms with Crippen LogP contribution >= 0.6 is 11.6 Å². The van der Waals surface area contributed by atoms with Crippen molar-refractivity contribution in [3.8, 4) is 0 Å². The lowest BCUT2D eigenvalue weighted by Gasteiger charge is -2.07. The van der Waals surface area contributed by atoms with Crippen molar-refractivity contribution >= 4 is 22.6 Å². The second-order valence-electron chi connectivity index (χ2n) is 4.83. The maximum Gasteiger partial charge on any atom is 0.111 e. The van der Waals surface area contributed by atoms with E-state index < -0.39 is 0 Å². The van der Waals surface area contributed by atoms with Crippen LogP contribution in [-0.2, 0) is 20.0 Å². The number of pyridine rings is 1. The monoisotopic (exact) mass is 289 g/mol. The van der Waals surface area contributed by atoms with Crippen LogP contribution in [0.25, 0.3) is 11.0 Å². The molecule has 0 atom stereocenters. The fourth-order valence-electron chi connectivity index (χ4n) is 2.46. The van der Waals surface area contributed by atoms with Crippen LogP contribution in [0.4, 0.5) is 0 Å². The molecule has 0 unspecified atom stereocenters. The normalized spacial score (nSPS) is 11.3. The first-order valence-corrected chi connectivity index (χ1v) is 7.06. The molecule has 0 saturated carbocycles. The van der Waals surface area contributed by atoms with Gasteiger partial charge in [0.15, 0.2) is 0 Å². The molecule has 0 amide bonds. The molecule has 0 spiro atoms. The van der Waals surface area contributed by atoms with Crippen LogP contribution in [0, 0.1) is 6.92 Å². The molecule has 3 aromatic rings. The lowest BCUT2D eigenvalue weighted by Crippen LogP contribution is -2.06. The maximum absolute atomic E-state index is 5.89. The number of imidazole rings is 1. The van der Waals surface area contributed by atoms with E-state index >= 15 is 0 Å². The van der Waals surface area contributed by atoms with Gasteiger partial charge in [-0.15, -0.1) is 11.6 Å².